The van der Waals surface area contributed by atoms with E-state index >= 15 is 0 Å². The van der Waals surface area contributed by atoms with E-state index in [4.69, 9.17) is 9.78 Å². The van der Waals surface area contributed by atoms with Crippen LogP contribution in [0.25, 0.3) is 0 Å². The Morgan fingerprint density at radius 3 is 2.23 bits per heavy atom. The molecular formula is C19H28O3. The minimum absolute atomic E-state index is 0.0362. The highest BCUT2D eigenvalue weighted by Gasteiger charge is 2.31. The van der Waals surface area contributed by atoms with Crippen LogP contribution in [-0.2, 0) is 9.78 Å². The maximum Gasteiger partial charge on any atom is 0.373 e. The van der Waals surface area contributed by atoms with Crippen molar-refractivity contribution >= 4 is 5.97 Å². The van der Waals surface area contributed by atoms with Crippen LogP contribution in [0.1, 0.15) is 67.9 Å². The topological polar surface area (TPSA) is 35.5 Å². The van der Waals surface area contributed by atoms with Gasteiger partial charge in [0, 0.05) is 0 Å². The van der Waals surface area contributed by atoms with Crippen LogP contribution < -0.4 is 0 Å². The van der Waals surface area contributed by atoms with E-state index in [0.717, 1.165) is 42.7 Å². The SMILES string of the molecule is Cc1ccc(C(=O)OOC2CCC(C(C)(C)C)CC2)cc1C. The summed E-state index contributed by atoms with van der Waals surface area (Å²) in [5.41, 5.74) is 3.14. The van der Waals surface area contributed by atoms with E-state index in [2.05, 4.69) is 20.8 Å². The number of carbonyl (C=O) groups excluding carboxylic acids is 1. The fraction of sp³-hybridized carbons (Fsp3) is 0.632. The third-order valence-electron chi connectivity index (χ3n) is 4.90. The van der Waals surface area contributed by atoms with Gasteiger partial charge in [0.25, 0.3) is 0 Å². The number of rotatable bonds is 3. The first kappa shape index (κ1) is 17.0. The summed E-state index contributed by atoms with van der Waals surface area (Å²) in [5.74, 6) is 0.323. The van der Waals surface area contributed by atoms with Crippen molar-refractivity contribution in [3.8, 4) is 0 Å². The van der Waals surface area contributed by atoms with Crippen molar-refractivity contribution in [2.24, 2.45) is 11.3 Å². The first-order chi connectivity index (χ1) is 10.3. The predicted octanol–water partition coefficient (Wildman–Crippen LogP) is 5.00. The minimum atomic E-state index is -0.402. The second-order valence-corrected chi connectivity index (χ2v) is 7.61. The molecule has 1 aromatic carbocycles. The van der Waals surface area contributed by atoms with Gasteiger partial charge in [0.2, 0.25) is 0 Å². The number of carbonyl (C=O) groups is 1. The number of aryl methyl sites for hydroxylation is 2. The molecule has 0 N–H and O–H groups in total. The zero-order chi connectivity index (χ0) is 16.3. The average Bonchev–Trinajstić information content (AvgIpc) is 2.47. The first-order valence-corrected chi connectivity index (χ1v) is 8.22. The Morgan fingerprint density at radius 2 is 1.68 bits per heavy atom. The molecule has 0 spiro atoms. The van der Waals surface area contributed by atoms with E-state index < -0.39 is 5.97 Å². The van der Waals surface area contributed by atoms with Crippen molar-refractivity contribution in [3.05, 3.63) is 34.9 Å². The molecule has 22 heavy (non-hydrogen) atoms. The average molecular weight is 304 g/mol. The smallest absolute Gasteiger partial charge is 0.293 e. The lowest BCUT2D eigenvalue weighted by Gasteiger charge is -2.36. The van der Waals surface area contributed by atoms with Crippen LogP contribution >= 0.6 is 0 Å². The number of hydrogen-bond donors (Lipinski definition) is 0. The van der Waals surface area contributed by atoms with E-state index in [1.54, 1.807) is 6.07 Å². The summed E-state index contributed by atoms with van der Waals surface area (Å²) in [5, 5.41) is 0. The molecule has 1 fully saturated rings. The fourth-order valence-corrected chi connectivity index (χ4v) is 3.05. The molecule has 0 aliphatic heterocycles. The lowest BCUT2D eigenvalue weighted by atomic mass is 9.72. The van der Waals surface area contributed by atoms with Gasteiger partial charge in [0.15, 0.2) is 0 Å². The maximum atomic E-state index is 12.0. The molecule has 1 saturated carbocycles. The standard InChI is InChI=1S/C19H28O3/c1-13-6-7-15(12-14(13)2)18(20)22-21-17-10-8-16(9-11-17)19(3,4)5/h6-7,12,16-17H,8-11H2,1-5H3. The summed E-state index contributed by atoms with van der Waals surface area (Å²) in [6.07, 6.45) is 4.23. The van der Waals surface area contributed by atoms with Crippen LogP contribution in [0, 0.1) is 25.2 Å². The highest BCUT2D eigenvalue weighted by molar-refractivity contribution is 5.89. The van der Waals surface area contributed by atoms with Crippen molar-refractivity contribution in [2.75, 3.05) is 0 Å². The van der Waals surface area contributed by atoms with E-state index in [0.29, 0.717) is 11.0 Å². The molecule has 122 valence electrons. The largest absolute Gasteiger partial charge is 0.373 e. The van der Waals surface area contributed by atoms with Crippen molar-refractivity contribution < 1.29 is 14.6 Å². The lowest BCUT2D eigenvalue weighted by molar-refractivity contribution is -0.281. The molecule has 0 unspecified atom stereocenters. The number of hydrogen-bond acceptors (Lipinski definition) is 3. The van der Waals surface area contributed by atoms with E-state index in [-0.39, 0.29) is 6.10 Å². The Kier molecular flexibility index (Phi) is 5.28. The molecule has 1 aromatic rings. The maximum absolute atomic E-state index is 12.0. The van der Waals surface area contributed by atoms with Gasteiger partial charge in [-0.2, -0.15) is 4.89 Å². The van der Waals surface area contributed by atoms with Crippen LogP contribution in [0.4, 0.5) is 0 Å². The van der Waals surface area contributed by atoms with Gasteiger partial charge in [-0.25, -0.2) is 4.79 Å². The molecular weight excluding hydrogens is 276 g/mol. The van der Waals surface area contributed by atoms with Crippen molar-refractivity contribution in [3.63, 3.8) is 0 Å². The predicted molar refractivity (Wildman–Crippen MR) is 87.6 cm³/mol. The molecule has 0 radical (unpaired) electrons. The van der Waals surface area contributed by atoms with Gasteiger partial charge in [0.05, 0.1) is 5.56 Å². The molecule has 3 nitrogen and oxygen atoms in total. The molecule has 0 amide bonds. The van der Waals surface area contributed by atoms with Crippen LogP contribution in [0.3, 0.4) is 0 Å². The molecule has 0 saturated heterocycles. The second-order valence-electron chi connectivity index (χ2n) is 7.61. The summed E-state index contributed by atoms with van der Waals surface area (Å²) in [6.45, 7) is 10.9. The molecule has 0 heterocycles. The van der Waals surface area contributed by atoms with Gasteiger partial charge in [0.1, 0.15) is 6.10 Å². The molecule has 1 aliphatic carbocycles. The normalized spacial score (nSPS) is 22.4. The van der Waals surface area contributed by atoms with Crippen LogP contribution in [0.2, 0.25) is 0 Å². The molecule has 3 heteroatoms. The molecule has 1 aliphatic rings. The van der Waals surface area contributed by atoms with Gasteiger partial charge in [-0.1, -0.05) is 26.8 Å². The zero-order valence-corrected chi connectivity index (χ0v) is 14.4. The van der Waals surface area contributed by atoms with Gasteiger partial charge in [-0.05, 0) is 74.1 Å². The monoisotopic (exact) mass is 304 g/mol. The minimum Gasteiger partial charge on any atom is -0.293 e. The third-order valence-corrected chi connectivity index (χ3v) is 4.90. The van der Waals surface area contributed by atoms with Crippen molar-refractivity contribution in [1.82, 2.24) is 0 Å². The van der Waals surface area contributed by atoms with Gasteiger partial charge in [-0.15, -0.1) is 0 Å². The Morgan fingerprint density at radius 1 is 1.05 bits per heavy atom. The first-order valence-electron chi connectivity index (χ1n) is 8.22. The highest BCUT2D eigenvalue weighted by atomic mass is 17.2. The molecule has 2 rings (SSSR count). The lowest BCUT2D eigenvalue weighted by Crippen LogP contribution is -2.29. The Bertz CT molecular complexity index is 520. The van der Waals surface area contributed by atoms with Gasteiger partial charge in [-0.3, -0.25) is 4.89 Å². The van der Waals surface area contributed by atoms with Gasteiger partial charge >= 0.3 is 5.97 Å². The van der Waals surface area contributed by atoms with E-state index in [9.17, 15) is 4.79 Å². The highest BCUT2D eigenvalue weighted by Crippen LogP contribution is 2.38. The molecule has 0 bridgehead atoms. The Hall–Kier alpha value is -1.35. The van der Waals surface area contributed by atoms with Gasteiger partial charge < -0.3 is 0 Å². The summed E-state index contributed by atoms with van der Waals surface area (Å²) in [4.78, 5) is 22.5. The summed E-state index contributed by atoms with van der Waals surface area (Å²) in [6, 6.07) is 5.56. The Balaban J connectivity index is 1.81. The molecule has 0 aromatic heterocycles. The van der Waals surface area contributed by atoms with E-state index in [1.165, 1.54) is 0 Å². The van der Waals surface area contributed by atoms with Crippen molar-refractivity contribution in [2.45, 2.75) is 66.4 Å². The third kappa shape index (κ3) is 4.33. The van der Waals surface area contributed by atoms with Crippen LogP contribution in [-0.4, -0.2) is 12.1 Å². The zero-order valence-electron chi connectivity index (χ0n) is 14.4. The summed E-state index contributed by atoms with van der Waals surface area (Å²) < 4.78 is 0. The van der Waals surface area contributed by atoms with Crippen molar-refractivity contribution in [1.29, 1.82) is 0 Å². The second kappa shape index (κ2) is 6.82. The van der Waals surface area contributed by atoms with Crippen LogP contribution in [0.15, 0.2) is 18.2 Å². The number of benzene rings is 1. The van der Waals surface area contributed by atoms with Crippen LogP contribution in [0.5, 0.6) is 0 Å². The fourth-order valence-electron chi connectivity index (χ4n) is 3.05. The Labute approximate surface area is 133 Å². The van der Waals surface area contributed by atoms with E-state index in [1.807, 2.05) is 26.0 Å². The quantitative estimate of drug-likeness (QED) is 0.582. The summed E-state index contributed by atoms with van der Waals surface area (Å²) >= 11 is 0. The molecule has 0 atom stereocenters. The summed E-state index contributed by atoms with van der Waals surface area (Å²) in [7, 11) is 0.